The van der Waals surface area contributed by atoms with Gasteiger partial charge in [0, 0.05) is 25.4 Å². The van der Waals surface area contributed by atoms with Crippen LogP contribution in [-0.2, 0) is 4.74 Å². The molecule has 3 N–H and O–H groups in total. The maximum absolute atomic E-state index is 7.70. The molecule has 1 unspecified atom stereocenters. The molecule has 1 saturated heterocycles. The highest BCUT2D eigenvalue weighted by molar-refractivity contribution is 6.34. The van der Waals surface area contributed by atoms with E-state index in [9.17, 15) is 0 Å². The lowest BCUT2D eigenvalue weighted by molar-refractivity contribution is 0.0526. The molecule has 0 bridgehead atoms. The van der Waals surface area contributed by atoms with Crippen LogP contribution in [0, 0.1) is 5.41 Å². The van der Waals surface area contributed by atoms with E-state index in [4.69, 9.17) is 27.5 Å². The van der Waals surface area contributed by atoms with Gasteiger partial charge >= 0.3 is 0 Å². The Morgan fingerprint density at radius 3 is 3.05 bits per heavy atom. The summed E-state index contributed by atoms with van der Waals surface area (Å²) in [5.41, 5.74) is 7.22. The van der Waals surface area contributed by atoms with Crippen molar-refractivity contribution in [3.8, 4) is 0 Å². The van der Waals surface area contributed by atoms with Gasteiger partial charge < -0.3 is 15.4 Å². The Morgan fingerprint density at radius 1 is 1.58 bits per heavy atom. The van der Waals surface area contributed by atoms with E-state index in [0.717, 1.165) is 38.2 Å². The van der Waals surface area contributed by atoms with Crippen LogP contribution in [0.25, 0.3) is 0 Å². The first-order chi connectivity index (χ1) is 9.13. The maximum atomic E-state index is 7.70. The largest absolute Gasteiger partial charge is 0.384 e. The van der Waals surface area contributed by atoms with E-state index < -0.39 is 0 Å². The van der Waals surface area contributed by atoms with Gasteiger partial charge in [0.05, 0.1) is 16.7 Å². The lowest BCUT2D eigenvalue weighted by atomic mass is 10.0. The topological polar surface area (TPSA) is 62.3 Å². The van der Waals surface area contributed by atoms with E-state index >= 15 is 0 Å². The number of nitrogen functional groups attached to an aromatic ring is 1. The molecule has 19 heavy (non-hydrogen) atoms. The molecule has 0 saturated carbocycles. The molecule has 2 rings (SSSR count). The molecule has 1 aromatic carbocycles. The van der Waals surface area contributed by atoms with Gasteiger partial charge in [-0.05, 0) is 31.9 Å². The number of anilines is 1. The number of ether oxygens (including phenoxy) is 1. The first-order valence-electron chi connectivity index (χ1n) is 6.63. The Labute approximate surface area is 119 Å². The van der Waals surface area contributed by atoms with Crippen molar-refractivity contribution < 1.29 is 4.74 Å². The second-order valence-corrected chi connectivity index (χ2v) is 5.12. The lowest BCUT2D eigenvalue weighted by Crippen LogP contribution is -2.40. The van der Waals surface area contributed by atoms with Gasteiger partial charge in [-0.15, -0.1) is 0 Å². The van der Waals surface area contributed by atoms with E-state index in [0.29, 0.717) is 10.6 Å². The normalized spacial score (nSPS) is 19.5. The Balaban J connectivity index is 2.26. The fourth-order valence-electron chi connectivity index (χ4n) is 2.57. The third-order valence-corrected chi connectivity index (χ3v) is 3.70. The van der Waals surface area contributed by atoms with E-state index in [1.54, 1.807) is 6.07 Å². The predicted octanol–water partition coefficient (Wildman–Crippen LogP) is 2.63. The molecule has 1 atom stereocenters. The van der Waals surface area contributed by atoms with Gasteiger partial charge in [0.1, 0.15) is 5.84 Å². The molecule has 0 aromatic heterocycles. The summed E-state index contributed by atoms with van der Waals surface area (Å²) in [5, 5.41) is 8.23. The van der Waals surface area contributed by atoms with E-state index in [1.165, 1.54) is 0 Å². The number of halogens is 1. The SMILES string of the molecule is CCOC1CCCN(c2cccc(Cl)c2C(=N)N)C1. The highest BCUT2D eigenvalue weighted by Crippen LogP contribution is 2.29. The molecule has 1 fully saturated rings. The first-order valence-corrected chi connectivity index (χ1v) is 7.00. The molecule has 1 aliphatic rings. The maximum Gasteiger partial charge on any atom is 0.126 e. The minimum absolute atomic E-state index is 0.0131. The zero-order chi connectivity index (χ0) is 13.8. The minimum atomic E-state index is 0.0131. The quantitative estimate of drug-likeness (QED) is 0.659. The summed E-state index contributed by atoms with van der Waals surface area (Å²) in [6.45, 7) is 4.52. The van der Waals surface area contributed by atoms with Crippen molar-refractivity contribution in [1.82, 2.24) is 0 Å². The van der Waals surface area contributed by atoms with Gasteiger partial charge in [0.15, 0.2) is 0 Å². The number of hydrogen-bond acceptors (Lipinski definition) is 3. The van der Waals surface area contributed by atoms with E-state index in [1.807, 2.05) is 19.1 Å². The average Bonchev–Trinajstić information content (AvgIpc) is 2.38. The van der Waals surface area contributed by atoms with Crippen LogP contribution in [0.15, 0.2) is 18.2 Å². The summed E-state index contributed by atoms with van der Waals surface area (Å²) in [5.74, 6) is 0.0131. The molecule has 0 aliphatic carbocycles. The molecule has 1 aliphatic heterocycles. The summed E-state index contributed by atoms with van der Waals surface area (Å²) in [7, 11) is 0. The molecular weight excluding hydrogens is 262 g/mol. The Hall–Kier alpha value is -1.26. The van der Waals surface area contributed by atoms with E-state index in [-0.39, 0.29) is 11.9 Å². The summed E-state index contributed by atoms with van der Waals surface area (Å²) in [6.07, 6.45) is 2.41. The summed E-state index contributed by atoms with van der Waals surface area (Å²) in [6, 6.07) is 5.64. The van der Waals surface area contributed by atoms with Crippen LogP contribution in [0.2, 0.25) is 5.02 Å². The van der Waals surface area contributed by atoms with Crippen LogP contribution >= 0.6 is 11.6 Å². The molecule has 104 valence electrons. The third kappa shape index (κ3) is 3.19. The molecular formula is C14H20ClN3O. The standard InChI is InChI=1S/C14H20ClN3O/c1-2-19-10-5-4-8-18(9-10)12-7-3-6-11(15)13(12)14(16)17/h3,6-7,10H,2,4-5,8-9H2,1H3,(H3,16,17). The Bertz CT molecular complexity index is 462. The molecule has 4 nitrogen and oxygen atoms in total. The molecule has 0 spiro atoms. The van der Waals surface area contributed by atoms with Crippen LogP contribution < -0.4 is 10.6 Å². The highest BCUT2D eigenvalue weighted by atomic mass is 35.5. The second-order valence-electron chi connectivity index (χ2n) is 4.71. The number of piperidine rings is 1. The first kappa shape index (κ1) is 14.2. The van der Waals surface area contributed by atoms with Crippen LogP contribution in [0.5, 0.6) is 0 Å². The summed E-state index contributed by atoms with van der Waals surface area (Å²) >= 11 is 6.16. The third-order valence-electron chi connectivity index (χ3n) is 3.38. The van der Waals surface area contributed by atoms with Crippen molar-refractivity contribution in [3.05, 3.63) is 28.8 Å². The van der Waals surface area contributed by atoms with Crippen LogP contribution in [-0.4, -0.2) is 31.6 Å². The number of benzene rings is 1. The van der Waals surface area contributed by atoms with Crippen LogP contribution in [0.3, 0.4) is 0 Å². The van der Waals surface area contributed by atoms with Gasteiger partial charge in [-0.2, -0.15) is 0 Å². The monoisotopic (exact) mass is 281 g/mol. The average molecular weight is 282 g/mol. The molecule has 1 heterocycles. The van der Waals surface area contributed by atoms with Crippen molar-refractivity contribution >= 4 is 23.1 Å². The van der Waals surface area contributed by atoms with Crippen LogP contribution in [0.1, 0.15) is 25.3 Å². The minimum Gasteiger partial charge on any atom is -0.384 e. The number of nitrogens with one attached hydrogen (secondary N) is 1. The lowest BCUT2D eigenvalue weighted by Gasteiger charge is -2.35. The van der Waals surface area contributed by atoms with Crippen molar-refractivity contribution in [3.63, 3.8) is 0 Å². The molecule has 0 radical (unpaired) electrons. The number of amidine groups is 1. The van der Waals surface area contributed by atoms with Gasteiger partial charge in [-0.1, -0.05) is 17.7 Å². The van der Waals surface area contributed by atoms with Gasteiger partial charge in [-0.3, -0.25) is 5.41 Å². The zero-order valence-electron chi connectivity index (χ0n) is 11.2. The molecule has 1 aromatic rings. The number of hydrogen-bond donors (Lipinski definition) is 2. The summed E-state index contributed by atoms with van der Waals surface area (Å²) in [4.78, 5) is 2.21. The fraction of sp³-hybridized carbons (Fsp3) is 0.500. The molecule has 5 heteroatoms. The highest BCUT2D eigenvalue weighted by Gasteiger charge is 2.23. The number of nitrogens with two attached hydrogens (primary N) is 1. The second kappa shape index (κ2) is 6.26. The van der Waals surface area contributed by atoms with Crippen molar-refractivity contribution in [1.29, 1.82) is 5.41 Å². The number of nitrogens with zero attached hydrogens (tertiary/aromatic N) is 1. The Morgan fingerprint density at radius 2 is 2.37 bits per heavy atom. The van der Waals surface area contributed by atoms with Crippen molar-refractivity contribution in [2.24, 2.45) is 5.73 Å². The van der Waals surface area contributed by atoms with Crippen LogP contribution in [0.4, 0.5) is 5.69 Å². The Kier molecular flexibility index (Phi) is 4.66. The predicted molar refractivity (Wildman–Crippen MR) is 79.3 cm³/mol. The van der Waals surface area contributed by atoms with Crippen molar-refractivity contribution in [2.75, 3.05) is 24.6 Å². The van der Waals surface area contributed by atoms with Gasteiger partial charge in [0.25, 0.3) is 0 Å². The zero-order valence-corrected chi connectivity index (χ0v) is 11.9. The van der Waals surface area contributed by atoms with Gasteiger partial charge in [0.2, 0.25) is 0 Å². The molecule has 0 amide bonds. The van der Waals surface area contributed by atoms with E-state index in [2.05, 4.69) is 4.90 Å². The van der Waals surface area contributed by atoms with Gasteiger partial charge in [-0.25, -0.2) is 0 Å². The number of rotatable bonds is 4. The fourth-order valence-corrected chi connectivity index (χ4v) is 2.84. The smallest absolute Gasteiger partial charge is 0.126 e. The van der Waals surface area contributed by atoms with Crippen molar-refractivity contribution in [2.45, 2.75) is 25.9 Å². The summed E-state index contributed by atoms with van der Waals surface area (Å²) < 4.78 is 5.71.